The van der Waals surface area contributed by atoms with Gasteiger partial charge in [-0.2, -0.15) is 0 Å². The first-order valence-corrected chi connectivity index (χ1v) is 7.81. The Labute approximate surface area is 137 Å². The van der Waals surface area contributed by atoms with Crippen molar-refractivity contribution in [1.29, 1.82) is 0 Å². The first-order valence-electron chi connectivity index (χ1n) is 7.01. The van der Waals surface area contributed by atoms with Crippen LogP contribution in [-0.4, -0.2) is 35.1 Å². The summed E-state index contributed by atoms with van der Waals surface area (Å²) in [4.78, 5) is 17.9. The van der Waals surface area contributed by atoms with Gasteiger partial charge in [0.15, 0.2) is 0 Å². The van der Waals surface area contributed by atoms with Gasteiger partial charge in [0.1, 0.15) is 6.10 Å². The standard InChI is InChI=1S/C16H16BrN3O2/c1-11-4-6-12(7-5-11)19-16(21)20-9-13(10-20)22-15-14(17)3-2-8-18-15/h2-8,13H,9-10H2,1H3,(H,19,21). The minimum Gasteiger partial charge on any atom is -0.470 e. The molecule has 2 heterocycles. The topological polar surface area (TPSA) is 54.5 Å². The van der Waals surface area contributed by atoms with Gasteiger partial charge in [-0.25, -0.2) is 9.78 Å². The van der Waals surface area contributed by atoms with Crippen molar-refractivity contribution in [3.05, 3.63) is 52.6 Å². The summed E-state index contributed by atoms with van der Waals surface area (Å²) < 4.78 is 6.56. The number of nitrogens with one attached hydrogen (secondary N) is 1. The normalized spacial score (nSPS) is 14.4. The molecule has 0 atom stereocenters. The molecule has 2 amide bonds. The van der Waals surface area contributed by atoms with E-state index < -0.39 is 0 Å². The van der Waals surface area contributed by atoms with Crippen LogP contribution in [0.4, 0.5) is 10.5 Å². The molecule has 1 saturated heterocycles. The Hall–Kier alpha value is -2.08. The van der Waals surface area contributed by atoms with E-state index in [9.17, 15) is 4.79 Å². The number of hydrogen-bond acceptors (Lipinski definition) is 3. The summed E-state index contributed by atoms with van der Waals surface area (Å²) in [6, 6.07) is 11.3. The van der Waals surface area contributed by atoms with Crippen LogP contribution in [0.3, 0.4) is 0 Å². The second-order valence-electron chi connectivity index (χ2n) is 5.23. The number of carbonyl (C=O) groups excluding carboxylic acids is 1. The lowest BCUT2D eigenvalue weighted by molar-refractivity contribution is 0.0455. The van der Waals surface area contributed by atoms with Gasteiger partial charge < -0.3 is 15.0 Å². The average molecular weight is 362 g/mol. The van der Waals surface area contributed by atoms with Crippen molar-refractivity contribution in [1.82, 2.24) is 9.88 Å². The Morgan fingerprint density at radius 2 is 2.05 bits per heavy atom. The number of ether oxygens (including phenoxy) is 1. The van der Waals surface area contributed by atoms with Crippen LogP contribution in [-0.2, 0) is 0 Å². The predicted octanol–water partition coefficient (Wildman–Crippen LogP) is 3.45. The van der Waals surface area contributed by atoms with Gasteiger partial charge in [0, 0.05) is 11.9 Å². The van der Waals surface area contributed by atoms with E-state index in [0.29, 0.717) is 19.0 Å². The molecule has 0 spiro atoms. The fourth-order valence-electron chi connectivity index (χ4n) is 2.13. The molecule has 1 aromatic carbocycles. The molecular formula is C16H16BrN3O2. The van der Waals surface area contributed by atoms with Crippen LogP contribution in [0.1, 0.15) is 5.56 Å². The number of carbonyl (C=O) groups is 1. The van der Waals surface area contributed by atoms with Gasteiger partial charge in [0.05, 0.1) is 17.6 Å². The molecule has 114 valence electrons. The minimum absolute atomic E-state index is 0.0185. The number of nitrogens with zero attached hydrogens (tertiary/aromatic N) is 2. The van der Waals surface area contributed by atoms with Crippen LogP contribution >= 0.6 is 15.9 Å². The first-order chi connectivity index (χ1) is 10.6. The summed E-state index contributed by atoms with van der Waals surface area (Å²) in [5, 5.41) is 2.87. The van der Waals surface area contributed by atoms with Gasteiger partial charge >= 0.3 is 6.03 Å². The van der Waals surface area contributed by atoms with Crippen LogP contribution in [0.15, 0.2) is 47.1 Å². The molecular weight excluding hydrogens is 346 g/mol. The smallest absolute Gasteiger partial charge is 0.322 e. The molecule has 22 heavy (non-hydrogen) atoms. The van der Waals surface area contributed by atoms with E-state index in [-0.39, 0.29) is 12.1 Å². The van der Waals surface area contributed by atoms with E-state index in [2.05, 4.69) is 26.2 Å². The van der Waals surface area contributed by atoms with E-state index in [0.717, 1.165) is 15.7 Å². The number of rotatable bonds is 3. The quantitative estimate of drug-likeness (QED) is 0.910. The van der Waals surface area contributed by atoms with E-state index in [1.165, 1.54) is 0 Å². The molecule has 0 aliphatic carbocycles. The van der Waals surface area contributed by atoms with Crippen LogP contribution < -0.4 is 10.1 Å². The number of likely N-dealkylation sites (tertiary alicyclic amines) is 1. The van der Waals surface area contributed by atoms with Gasteiger partial charge in [-0.05, 0) is 47.1 Å². The molecule has 0 unspecified atom stereocenters. The zero-order valence-electron chi connectivity index (χ0n) is 12.1. The second kappa shape index (κ2) is 6.36. The molecule has 1 aliphatic rings. The van der Waals surface area contributed by atoms with Crippen molar-refractivity contribution in [2.24, 2.45) is 0 Å². The van der Waals surface area contributed by atoms with Crippen LogP contribution in [0.5, 0.6) is 5.88 Å². The van der Waals surface area contributed by atoms with Crippen LogP contribution in [0.25, 0.3) is 0 Å². The van der Waals surface area contributed by atoms with E-state index in [1.807, 2.05) is 43.3 Å². The summed E-state index contributed by atoms with van der Waals surface area (Å²) in [7, 11) is 0. The third-order valence-electron chi connectivity index (χ3n) is 3.44. The zero-order chi connectivity index (χ0) is 15.5. The van der Waals surface area contributed by atoms with Gasteiger partial charge in [-0.1, -0.05) is 17.7 Å². The third kappa shape index (κ3) is 3.39. The van der Waals surface area contributed by atoms with Gasteiger partial charge in [-0.15, -0.1) is 0 Å². The number of hydrogen-bond donors (Lipinski definition) is 1. The van der Waals surface area contributed by atoms with E-state index >= 15 is 0 Å². The van der Waals surface area contributed by atoms with E-state index in [1.54, 1.807) is 11.1 Å². The maximum atomic E-state index is 12.1. The molecule has 1 aliphatic heterocycles. The van der Waals surface area contributed by atoms with Crippen LogP contribution in [0.2, 0.25) is 0 Å². The molecule has 3 rings (SSSR count). The van der Waals surface area contributed by atoms with Gasteiger partial charge in [-0.3, -0.25) is 0 Å². The Morgan fingerprint density at radius 3 is 2.73 bits per heavy atom. The molecule has 6 heteroatoms. The number of pyridine rings is 1. The second-order valence-corrected chi connectivity index (χ2v) is 6.09. The number of aromatic nitrogens is 1. The summed E-state index contributed by atoms with van der Waals surface area (Å²) in [6.45, 7) is 3.13. The lowest BCUT2D eigenvalue weighted by Gasteiger charge is -2.38. The molecule has 1 aromatic heterocycles. The zero-order valence-corrected chi connectivity index (χ0v) is 13.7. The Balaban J connectivity index is 1.49. The number of amides is 2. The monoisotopic (exact) mass is 361 g/mol. The largest absolute Gasteiger partial charge is 0.470 e. The average Bonchev–Trinajstić information content (AvgIpc) is 2.46. The number of halogens is 1. The lowest BCUT2D eigenvalue weighted by Crippen LogP contribution is -2.57. The summed E-state index contributed by atoms with van der Waals surface area (Å²) in [6.07, 6.45) is 1.66. The van der Waals surface area contributed by atoms with Crippen molar-refractivity contribution in [2.45, 2.75) is 13.0 Å². The summed E-state index contributed by atoms with van der Waals surface area (Å²) in [5.74, 6) is 0.561. The highest BCUT2D eigenvalue weighted by molar-refractivity contribution is 9.10. The first kappa shape index (κ1) is 14.8. The molecule has 0 saturated carbocycles. The Kier molecular flexibility index (Phi) is 4.29. The highest BCUT2D eigenvalue weighted by Crippen LogP contribution is 2.24. The fourth-order valence-corrected chi connectivity index (χ4v) is 2.48. The molecule has 2 aromatic rings. The predicted molar refractivity (Wildman–Crippen MR) is 88.1 cm³/mol. The summed E-state index contributed by atoms with van der Waals surface area (Å²) in [5.41, 5.74) is 1.96. The summed E-state index contributed by atoms with van der Waals surface area (Å²) >= 11 is 3.39. The molecule has 0 bridgehead atoms. The number of benzene rings is 1. The van der Waals surface area contributed by atoms with Crippen molar-refractivity contribution in [3.63, 3.8) is 0 Å². The maximum absolute atomic E-state index is 12.1. The maximum Gasteiger partial charge on any atom is 0.322 e. The molecule has 0 radical (unpaired) electrons. The Morgan fingerprint density at radius 1 is 1.32 bits per heavy atom. The molecule has 1 N–H and O–H groups in total. The molecule has 5 nitrogen and oxygen atoms in total. The minimum atomic E-state index is -0.108. The SMILES string of the molecule is Cc1ccc(NC(=O)N2CC(Oc3ncccc3Br)C2)cc1. The number of urea groups is 1. The molecule has 1 fully saturated rings. The van der Waals surface area contributed by atoms with Crippen molar-refractivity contribution >= 4 is 27.6 Å². The highest BCUT2D eigenvalue weighted by Gasteiger charge is 2.33. The van der Waals surface area contributed by atoms with Crippen molar-refractivity contribution < 1.29 is 9.53 Å². The third-order valence-corrected chi connectivity index (χ3v) is 4.04. The highest BCUT2D eigenvalue weighted by atomic mass is 79.9. The van der Waals surface area contributed by atoms with Gasteiger partial charge in [0.2, 0.25) is 5.88 Å². The van der Waals surface area contributed by atoms with Crippen molar-refractivity contribution in [3.8, 4) is 5.88 Å². The van der Waals surface area contributed by atoms with E-state index in [4.69, 9.17) is 4.74 Å². The lowest BCUT2D eigenvalue weighted by atomic mass is 10.2. The number of aryl methyl sites for hydroxylation is 1. The number of anilines is 1. The van der Waals surface area contributed by atoms with Crippen molar-refractivity contribution in [2.75, 3.05) is 18.4 Å². The fraction of sp³-hybridized carbons (Fsp3) is 0.250. The van der Waals surface area contributed by atoms with Gasteiger partial charge in [0.25, 0.3) is 0 Å². The Bertz CT molecular complexity index is 669. The van der Waals surface area contributed by atoms with Crippen LogP contribution in [0, 0.1) is 6.92 Å².